The monoisotopic (exact) mass is 292 g/mol. The van der Waals surface area contributed by atoms with Gasteiger partial charge in [-0.05, 0) is 34.6 Å². The first-order valence-electron chi connectivity index (χ1n) is 7.02. The molecule has 0 atom stereocenters. The van der Waals surface area contributed by atoms with E-state index in [1.807, 2.05) is 12.1 Å². The number of nitriles is 2. The van der Waals surface area contributed by atoms with Crippen LogP contribution in [0, 0.1) is 22.7 Å². The quantitative estimate of drug-likeness (QED) is 0.767. The molecule has 0 saturated carbocycles. The van der Waals surface area contributed by atoms with E-state index in [4.69, 9.17) is 10.5 Å². The summed E-state index contributed by atoms with van der Waals surface area (Å²) in [5.41, 5.74) is 2.51. The molecule has 0 fully saturated rings. The van der Waals surface area contributed by atoms with Crippen LogP contribution in [0.25, 0.3) is 0 Å². The van der Waals surface area contributed by atoms with Crippen LogP contribution in [0.3, 0.4) is 0 Å². The molecule has 2 aromatic carbocycles. The Morgan fingerprint density at radius 1 is 0.714 bits per heavy atom. The number of benzene rings is 2. The average Bonchev–Trinajstić information content (AvgIpc) is 2.53. The highest BCUT2D eigenvalue weighted by Gasteiger charge is 2.06. The molecule has 0 bridgehead atoms. The predicted octanol–water partition coefficient (Wildman–Crippen LogP) is 3.23. The van der Waals surface area contributed by atoms with Crippen molar-refractivity contribution in [2.75, 3.05) is 0 Å². The van der Waals surface area contributed by atoms with Crippen molar-refractivity contribution in [2.24, 2.45) is 0 Å². The SMILES string of the molecule is N#CCCc1ccccc1Pc1ccccc1CCC#N. The maximum absolute atomic E-state index is 8.77. The van der Waals surface area contributed by atoms with Gasteiger partial charge in [0.25, 0.3) is 0 Å². The lowest BCUT2D eigenvalue weighted by Crippen LogP contribution is -2.12. The Bertz CT molecular complexity index is 621. The highest BCUT2D eigenvalue weighted by molar-refractivity contribution is 7.55. The van der Waals surface area contributed by atoms with Gasteiger partial charge in [0.15, 0.2) is 0 Å². The highest BCUT2D eigenvalue weighted by Crippen LogP contribution is 2.18. The second kappa shape index (κ2) is 8.21. The van der Waals surface area contributed by atoms with Gasteiger partial charge >= 0.3 is 0 Å². The lowest BCUT2D eigenvalue weighted by Gasteiger charge is -2.11. The Morgan fingerprint density at radius 3 is 1.57 bits per heavy atom. The number of hydrogen-bond acceptors (Lipinski definition) is 2. The smallest absolute Gasteiger partial charge is 0.0625 e. The summed E-state index contributed by atoms with van der Waals surface area (Å²) in [6.45, 7) is 0. The third-order valence-electron chi connectivity index (χ3n) is 3.32. The minimum atomic E-state index is 0.553. The Balaban J connectivity index is 2.22. The zero-order valence-electron chi connectivity index (χ0n) is 11.8. The van der Waals surface area contributed by atoms with E-state index < -0.39 is 0 Å². The predicted molar refractivity (Wildman–Crippen MR) is 88.3 cm³/mol. The van der Waals surface area contributed by atoms with Crippen molar-refractivity contribution in [1.82, 2.24) is 0 Å². The van der Waals surface area contributed by atoms with Crippen LogP contribution in [-0.4, -0.2) is 0 Å². The molecule has 0 saturated heterocycles. The van der Waals surface area contributed by atoms with E-state index >= 15 is 0 Å². The van der Waals surface area contributed by atoms with E-state index in [9.17, 15) is 0 Å². The first-order chi connectivity index (χ1) is 10.3. The Kier molecular flexibility index (Phi) is 5.96. The van der Waals surface area contributed by atoms with E-state index in [2.05, 4.69) is 48.5 Å². The average molecular weight is 292 g/mol. The van der Waals surface area contributed by atoms with Gasteiger partial charge in [-0.3, -0.25) is 0 Å². The first-order valence-corrected chi connectivity index (χ1v) is 8.02. The molecular formula is C18H17N2P. The zero-order valence-corrected chi connectivity index (χ0v) is 12.8. The van der Waals surface area contributed by atoms with Crippen molar-refractivity contribution in [2.45, 2.75) is 25.7 Å². The summed E-state index contributed by atoms with van der Waals surface area (Å²) in [6, 6.07) is 21.1. The van der Waals surface area contributed by atoms with Crippen molar-refractivity contribution in [3.8, 4) is 12.1 Å². The van der Waals surface area contributed by atoms with Gasteiger partial charge in [-0.15, -0.1) is 0 Å². The van der Waals surface area contributed by atoms with Crippen LogP contribution in [-0.2, 0) is 12.8 Å². The molecule has 0 N–H and O–H groups in total. The van der Waals surface area contributed by atoms with Crippen molar-refractivity contribution >= 4 is 19.2 Å². The van der Waals surface area contributed by atoms with E-state index in [1.54, 1.807) is 0 Å². The van der Waals surface area contributed by atoms with Crippen molar-refractivity contribution < 1.29 is 0 Å². The molecule has 0 amide bonds. The molecule has 0 aliphatic rings. The molecular weight excluding hydrogens is 275 g/mol. The Morgan fingerprint density at radius 2 is 1.14 bits per heavy atom. The fraction of sp³-hybridized carbons (Fsp3) is 0.222. The number of rotatable bonds is 6. The normalized spacial score (nSPS) is 9.81. The van der Waals surface area contributed by atoms with Crippen LogP contribution in [0.1, 0.15) is 24.0 Å². The zero-order chi connectivity index (χ0) is 14.9. The lowest BCUT2D eigenvalue weighted by molar-refractivity contribution is 1.02. The van der Waals surface area contributed by atoms with Crippen LogP contribution < -0.4 is 10.6 Å². The second-order valence-corrected chi connectivity index (χ2v) is 6.08. The summed E-state index contributed by atoms with van der Waals surface area (Å²) in [7, 11) is 0.578. The second-order valence-electron chi connectivity index (χ2n) is 4.76. The minimum absolute atomic E-state index is 0.553. The van der Waals surface area contributed by atoms with Gasteiger partial charge in [0, 0.05) is 12.8 Å². The van der Waals surface area contributed by atoms with Crippen LogP contribution in [0.4, 0.5) is 0 Å². The number of hydrogen-bond donors (Lipinski definition) is 0. The Labute approximate surface area is 127 Å². The molecule has 104 valence electrons. The topological polar surface area (TPSA) is 47.6 Å². The summed E-state index contributed by atoms with van der Waals surface area (Å²) in [5.74, 6) is 0. The Hall–Kier alpha value is -2.15. The molecule has 0 aliphatic carbocycles. The third kappa shape index (κ3) is 4.42. The maximum Gasteiger partial charge on any atom is 0.0625 e. The number of aryl methyl sites for hydroxylation is 2. The van der Waals surface area contributed by atoms with E-state index in [1.165, 1.54) is 21.7 Å². The first kappa shape index (κ1) is 15.2. The maximum atomic E-state index is 8.77. The van der Waals surface area contributed by atoms with Crippen LogP contribution in [0.15, 0.2) is 48.5 Å². The summed E-state index contributed by atoms with van der Waals surface area (Å²) < 4.78 is 0. The molecule has 21 heavy (non-hydrogen) atoms. The summed E-state index contributed by atoms with van der Waals surface area (Å²) in [5, 5.41) is 20.1. The van der Waals surface area contributed by atoms with Gasteiger partial charge in [-0.25, -0.2) is 0 Å². The van der Waals surface area contributed by atoms with Crippen molar-refractivity contribution in [1.29, 1.82) is 10.5 Å². The molecule has 0 heterocycles. The number of nitrogens with zero attached hydrogens (tertiary/aromatic N) is 2. The minimum Gasteiger partial charge on any atom is -0.198 e. The summed E-state index contributed by atoms with van der Waals surface area (Å²) >= 11 is 0. The van der Waals surface area contributed by atoms with Crippen LogP contribution >= 0.6 is 8.58 Å². The van der Waals surface area contributed by atoms with Gasteiger partial charge < -0.3 is 0 Å². The molecule has 0 aliphatic heterocycles. The van der Waals surface area contributed by atoms with Gasteiger partial charge in [0.2, 0.25) is 0 Å². The van der Waals surface area contributed by atoms with Crippen LogP contribution in [0.2, 0.25) is 0 Å². The van der Waals surface area contributed by atoms with Gasteiger partial charge in [0.05, 0.1) is 12.1 Å². The molecule has 2 aromatic rings. The van der Waals surface area contributed by atoms with E-state index in [0.29, 0.717) is 21.4 Å². The third-order valence-corrected chi connectivity index (χ3v) is 4.83. The van der Waals surface area contributed by atoms with E-state index in [-0.39, 0.29) is 0 Å². The van der Waals surface area contributed by atoms with Gasteiger partial charge in [0.1, 0.15) is 0 Å². The largest absolute Gasteiger partial charge is 0.198 e. The van der Waals surface area contributed by atoms with Gasteiger partial charge in [-0.1, -0.05) is 57.1 Å². The van der Waals surface area contributed by atoms with Crippen molar-refractivity contribution in [3.63, 3.8) is 0 Å². The van der Waals surface area contributed by atoms with E-state index in [0.717, 1.165) is 12.8 Å². The highest BCUT2D eigenvalue weighted by atomic mass is 31.1. The molecule has 2 rings (SSSR count). The summed E-state index contributed by atoms with van der Waals surface area (Å²) in [4.78, 5) is 0. The van der Waals surface area contributed by atoms with Gasteiger partial charge in [-0.2, -0.15) is 10.5 Å². The lowest BCUT2D eigenvalue weighted by atomic mass is 10.1. The molecule has 0 aromatic heterocycles. The molecule has 0 unspecified atom stereocenters. The molecule has 0 spiro atoms. The molecule has 0 radical (unpaired) electrons. The fourth-order valence-corrected chi connectivity index (χ4v) is 3.63. The summed E-state index contributed by atoms with van der Waals surface area (Å²) in [6.07, 6.45) is 2.72. The van der Waals surface area contributed by atoms with Crippen molar-refractivity contribution in [3.05, 3.63) is 59.7 Å². The standard InChI is InChI=1S/C18H17N2P/c19-13-5-9-15-7-1-3-11-17(15)21-18-12-4-2-8-16(18)10-6-14-20/h1-4,7-8,11-12,21H,5-6,9-10H2. The van der Waals surface area contributed by atoms with Crippen LogP contribution in [0.5, 0.6) is 0 Å². The molecule has 3 heteroatoms. The fourth-order valence-electron chi connectivity index (χ4n) is 2.25. The molecule has 2 nitrogen and oxygen atoms in total.